The van der Waals surface area contributed by atoms with Crippen molar-refractivity contribution in [3.05, 3.63) is 63.6 Å². The van der Waals surface area contributed by atoms with Crippen LogP contribution in [0, 0.1) is 5.92 Å². The molecule has 1 amide bonds. The van der Waals surface area contributed by atoms with Crippen molar-refractivity contribution in [2.24, 2.45) is 5.92 Å². The van der Waals surface area contributed by atoms with Crippen LogP contribution >= 0.6 is 23.2 Å². The second kappa shape index (κ2) is 10.9. The van der Waals surface area contributed by atoms with Crippen LogP contribution in [0.25, 0.3) is 0 Å². The molecule has 0 bridgehead atoms. The Kier molecular flexibility index (Phi) is 8.88. The van der Waals surface area contributed by atoms with Crippen LogP contribution in [-0.2, 0) is 26.1 Å². The summed E-state index contributed by atoms with van der Waals surface area (Å²) >= 11 is 12.1. The number of halogens is 2. The number of hydrogen-bond acceptors (Lipinski definition) is 5. The molecule has 2 aromatic carbocycles. The van der Waals surface area contributed by atoms with Gasteiger partial charge in [0.1, 0.15) is 4.90 Å². The lowest BCUT2D eigenvalue weighted by Gasteiger charge is -2.17. The Labute approximate surface area is 192 Å². The average Bonchev–Trinajstić information content (AvgIpc) is 2.70. The van der Waals surface area contributed by atoms with Gasteiger partial charge < -0.3 is 9.64 Å². The van der Waals surface area contributed by atoms with Gasteiger partial charge in [-0.2, -0.15) is 0 Å². The number of carbonyl (C=O) groups excluding carboxylic acids is 2. The standard InChI is InChI=1S/C21H24Cl2N2O5S/c1-14(2)11-24-31(28,29)19-9-16(17(22)10-18(19)23)21(27)30-13-20(26)25(3)12-15-7-5-4-6-8-15/h4-10,14,24H,11-13H2,1-3H3. The monoisotopic (exact) mass is 486 g/mol. The maximum atomic E-state index is 12.5. The van der Waals surface area contributed by atoms with E-state index in [4.69, 9.17) is 27.9 Å². The van der Waals surface area contributed by atoms with Gasteiger partial charge in [0.05, 0.1) is 15.6 Å². The molecule has 2 aromatic rings. The minimum Gasteiger partial charge on any atom is -0.452 e. The van der Waals surface area contributed by atoms with Crippen molar-refractivity contribution < 1.29 is 22.7 Å². The largest absolute Gasteiger partial charge is 0.452 e. The SMILES string of the molecule is CC(C)CNS(=O)(=O)c1cc(C(=O)OCC(=O)N(C)Cc2ccccc2)c(Cl)cc1Cl. The molecule has 0 aliphatic rings. The summed E-state index contributed by atoms with van der Waals surface area (Å²) in [7, 11) is -2.37. The molecule has 2 rings (SSSR count). The first kappa shape index (κ1) is 25.1. The van der Waals surface area contributed by atoms with Crippen molar-refractivity contribution in [2.75, 3.05) is 20.2 Å². The molecule has 7 nitrogen and oxygen atoms in total. The van der Waals surface area contributed by atoms with Crippen LogP contribution in [-0.4, -0.2) is 45.4 Å². The maximum absolute atomic E-state index is 12.5. The van der Waals surface area contributed by atoms with Crippen molar-refractivity contribution in [1.29, 1.82) is 0 Å². The molecule has 0 aromatic heterocycles. The summed E-state index contributed by atoms with van der Waals surface area (Å²) < 4.78 is 32.5. The quantitative estimate of drug-likeness (QED) is 0.544. The van der Waals surface area contributed by atoms with E-state index in [1.807, 2.05) is 44.2 Å². The lowest BCUT2D eigenvalue weighted by molar-refractivity contribution is -0.133. The fraction of sp³-hybridized carbons (Fsp3) is 0.333. The topological polar surface area (TPSA) is 92.8 Å². The number of esters is 1. The Balaban J connectivity index is 2.10. The number of nitrogens with zero attached hydrogens (tertiary/aromatic N) is 1. The van der Waals surface area contributed by atoms with Crippen LogP contribution in [0.15, 0.2) is 47.4 Å². The number of carbonyl (C=O) groups is 2. The Morgan fingerprint density at radius 3 is 2.35 bits per heavy atom. The third-order valence-corrected chi connectivity index (χ3v) is 6.43. The van der Waals surface area contributed by atoms with E-state index in [9.17, 15) is 18.0 Å². The van der Waals surface area contributed by atoms with Crippen LogP contribution in [0.4, 0.5) is 0 Å². The number of ether oxygens (including phenoxy) is 1. The Bertz CT molecular complexity index is 1040. The predicted octanol–water partition coefficient (Wildman–Crippen LogP) is 3.74. The van der Waals surface area contributed by atoms with E-state index in [1.54, 1.807) is 7.05 Å². The van der Waals surface area contributed by atoms with Gasteiger partial charge >= 0.3 is 5.97 Å². The number of benzene rings is 2. The minimum absolute atomic E-state index is 0.0733. The fourth-order valence-electron chi connectivity index (χ4n) is 2.51. The van der Waals surface area contributed by atoms with Crippen molar-refractivity contribution >= 4 is 45.1 Å². The molecule has 0 unspecified atom stereocenters. The molecule has 0 aliphatic carbocycles. The fourth-order valence-corrected chi connectivity index (χ4v) is 4.57. The number of likely N-dealkylation sites (N-methyl/N-ethyl adjacent to an activating group) is 1. The van der Waals surface area contributed by atoms with E-state index in [0.717, 1.165) is 17.7 Å². The molecule has 1 N–H and O–H groups in total. The van der Waals surface area contributed by atoms with Crippen molar-refractivity contribution in [3.8, 4) is 0 Å². The van der Waals surface area contributed by atoms with Gasteiger partial charge in [0, 0.05) is 20.1 Å². The molecule has 0 atom stereocenters. The van der Waals surface area contributed by atoms with Gasteiger partial charge in [-0.1, -0.05) is 67.4 Å². The number of rotatable bonds is 9. The maximum Gasteiger partial charge on any atom is 0.340 e. The molecule has 0 spiro atoms. The number of hydrogen-bond donors (Lipinski definition) is 1. The Hall–Kier alpha value is -2.13. The van der Waals surface area contributed by atoms with Gasteiger partial charge in [-0.3, -0.25) is 4.79 Å². The summed E-state index contributed by atoms with van der Waals surface area (Å²) in [6, 6.07) is 11.5. The van der Waals surface area contributed by atoms with Crippen LogP contribution < -0.4 is 4.72 Å². The number of nitrogens with one attached hydrogen (secondary N) is 1. The highest BCUT2D eigenvalue weighted by Crippen LogP contribution is 2.29. The van der Waals surface area contributed by atoms with E-state index in [2.05, 4.69) is 4.72 Å². The summed E-state index contributed by atoms with van der Waals surface area (Å²) in [6.45, 7) is 3.72. The third-order valence-electron chi connectivity index (χ3n) is 4.23. The molecule has 10 heteroatoms. The van der Waals surface area contributed by atoms with Crippen LogP contribution in [0.3, 0.4) is 0 Å². The van der Waals surface area contributed by atoms with Crippen LogP contribution in [0.1, 0.15) is 29.8 Å². The van der Waals surface area contributed by atoms with Gasteiger partial charge in [-0.05, 0) is 23.6 Å². The van der Waals surface area contributed by atoms with Gasteiger partial charge in [0.25, 0.3) is 5.91 Å². The summed E-state index contributed by atoms with van der Waals surface area (Å²) in [5, 5.41) is -0.209. The van der Waals surface area contributed by atoms with E-state index < -0.39 is 28.5 Å². The van der Waals surface area contributed by atoms with Gasteiger partial charge in [-0.25, -0.2) is 17.9 Å². The summed E-state index contributed by atoms with van der Waals surface area (Å²) in [5.41, 5.74) is 0.726. The summed E-state index contributed by atoms with van der Waals surface area (Å²) in [5.74, 6) is -1.28. The zero-order chi connectivity index (χ0) is 23.2. The molecular weight excluding hydrogens is 463 g/mol. The highest BCUT2D eigenvalue weighted by atomic mass is 35.5. The van der Waals surface area contributed by atoms with Gasteiger partial charge in [0.15, 0.2) is 6.61 Å². The molecule has 0 radical (unpaired) electrons. The van der Waals surface area contributed by atoms with Crippen molar-refractivity contribution in [1.82, 2.24) is 9.62 Å². The van der Waals surface area contributed by atoms with E-state index >= 15 is 0 Å². The minimum atomic E-state index is -3.96. The molecule has 31 heavy (non-hydrogen) atoms. The normalized spacial score (nSPS) is 11.4. The van der Waals surface area contributed by atoms with Crippen molar-refractivity contribution in [3.63, 3.8) is 0 Å². The smallest absolute Gasteiger partial charge is 0.340 e. The highest BCUT2D eigenvalue weighted by Gasteiger charge is 2.24. The molecule has 168 valence electrons. The van der Waals surface area contributed by atoms with Gasteiger partial charge in [-0.15, -0.1) is 0 Å². The second-order valence-electron chi connectivity index (χ2n) is 7.32. The number of amides is 1. The number of sulfonamides is 1. The molecule has 0 heterocycles. The summed E-state index contributed by atoms with van der Waals surface area (Å²) in [4.78, 5) is 25.9. The van der Waals surface area contributed by atoms with Gasteiger partial charge in [0.2, 0.25) is 10.0 Å². The third kappa shape index (κ3) is 7.21. The van der Waals surface area contributed by atoms with E-state index in [-0.39, 0.29) is 33.0 Å². The Morgan fingerprint density at radius 2 is 1.74 bits per heavy atom. The zero-order valence-electron chi connectivity index (χ0n) is 17.4. The predicted molar refractivity (Wildman–Crippen MR) is 120 cm³/mol. The average molecular weight is 487 g/mol. The first-order valence-electron chi connectivity index (χ1n) is 9.45. The second-order valence-corrected chi connectivity index (χ2v) is 9.87. The van der Waals surface area contributed by atoms with E-state index in [0.29, 0.717) is 6.54 Å². The zero-order valence-corrected chi connectivity index (χ0v) is 19.7. The molecular formula is C21H24Cl2N2O5S. The first-order valence-corrected chi connectivity index (χ1v) is 11.7. The molecule has 0 saturated carbocycles. The van der Waals surface area contributed by atoms with E-state index in [1.165, 1.54) is 4.90 Å². The van der Waals surface area contributed by atoms with Crippen LogP contribution in [0.2, 0.25) is 10.0 Å². The molecule has 0 fully saturated rings. The lowest BCUT2D eigenvalue weighted by atomic mass is 10.2. The lowest BCUT2D eigenvalue weighted by Crippen LogP contribution is -2.31. The Morgan fingerprint density at radius 1 is 1.10 bits per heavy atom. The van der Waals surface area contributed by atoms with Crippen LogP contribution in [0.5, 0.6) is 0 Å². The molecule has 0 aliphatic heterocycles. The highest BCUT2D eigenvalue weighted by molar-refractivity contribution is 7.89. The first-order chi connectivity index (χ1) is 14.5. The summed E-state index contributed by atoms with van der Waals surface area (Å²) in [6.07, 6.45) is 0. The molecule has 0 saturated heterocycles. The van der Waals surface area contributed by atoms with Crippen molar-refractivity contribution in [2.45, 2.75) is 25.3 Å².